The second-order valence-corrected chi connectivity index (χ2v) is 4.47. The minimum absolute atomic E-state index is 0.723. The second kappa shape index (κ2) is 4.37. The highest BCUT2D eigenvalue weighted by Gasteiger charge is 2.03. The van der Waals surface area contributed by atoms with Crippen LogP contribution in [-0.4, -0.2) is 11.5 Å². The van der Waals surface area contributed by atoms with Crippen molar-refractivity contribution in [2.75, 3.05) is 11.9 Å². The van der Waals surface area contributed by atoms with Gasteiger partial charge in [0.15, 0.2) is 0 Å². The van der Waals surface area contributed by atoms with E-state index in [1.54, 1.807) is 0 Å². The van der Waals surface area contributed by atoms with E-state index in [9.17, 15) is 0 Å². The molecular weight excluding hydrogens is 275 g/mol. The molecule has 0 saturated heterocycles. The van der Waals surface area contributed by atoms with E-state index in [1.807, 2.05) is 31.2 Å². The van der Waals surface area contributed by atoms with Crippen LogP contribution >= 0.6 is 27.5 Å². The van der Waals surface area contributed by atoms with Crippen molar-refractivity contribution < 1.29 is 0 Å². The lowest BCUT2D eigenvalue weighted by atomic mass is 10.2. The van der Waals surface area contributed by atoms with Gasteiger partial charge in [-0.1, -0.05) is 11.6 Å². The van der Waals surface area contributed by atoms with Gasteiger partial charge in [-0.3, -0.25) is 0 Å². The monoisotopic (exact) mass is 284 g/mol. The van der Waals surface area contributed by atoms with Gasteiger partial charge in [0.2, 0.25) is 0 Å². The van der Waals surface area contributed by atoms with E-state index in [2.05, 4.69) is 26.2 Å². The van der Waals surface area contributed by atoms with Crippen molar-refractivity contribution in [3.63, 3.8) is 0 Å². The summed E-state index contributed by atoms with van der Waals surface area (Å²) in [7, 11) is 0. The summed E-state index contributed by atoms with van der Waals surface area (Å²) in [4.78, 5) is 4.47. The van der Waals surface area contributed by atoms with E-state index in [-0.39, 0.29) is 0 Å². The Balaban J connectivity index is 2.62. The predicted octanol–water partition coefficient (Wildman–Crippen LogP) is 4.08. The lowest BCUT2D eigenvalue weighted by Gasteiger charge is -2.06. The first-order valence-electron chi connectivity index (χ1n) is 4.70. The van der Waals surface area contributed by atoms with Gasteiger partial charge in [-0.2, -0.15) is 0 Å². The van der Waals surface area contributed by atoms with Crippen LogP contribution in [0.2, 0.25) is 5.02 Å². The summed E-state index contributed by atoms with van der Waals surface area (Å²) in [5, 5.41) is 4.94. The zero-order valence-corrected chi connectivity index (χ0v) is 10.6. The van der Waals surface area contributed by atoms with Crippen LogP contribution < -0.4 is 5.32 Å². The number of benzene rings is 1. The Hall–Kier alpha value is -0.800. The Labute approximate surface area is 102 Å². The van der Waals surface area contributed by atoms with Gasteiger partial charge < -0.3 is 5.32 Å². The number of nitrogens with one attached hydrogen (secondary N) is 1. The number of rotatable bonds is 2. The molecule has 1 heterocycles. The summed E-state index contributed by atoms with van der Waals surface area (Å²) in [6, 6.07) is 7.63. The van der Waals surface area contributed by atoms with Gasteiger partial charge in [0.05, 0.1) is 5.52 Å². The molecule has 78 valence electrons. The van der Waals surface area contributed by atoms with Crippen molar-refractivity contribution in [2.24, 2.45) is 0 Å². The molecular formula is C11H10BrClN2. The number of nitrogens with zero attached hydrogens (tertiary/aromatic N) is 1. The summed E-state index contributed by atoms with van der Waals surface area (Å²) in [6.45, 7) is 2.90. The van der Waals surface area contributed by atoms with Crippen molar-refractivity contribution in [3.05, 3.63) is 33.8 Å². The van der Waals surface area contributed by atoms with Crippen LogP contribution in [0.5, 0.6) is 0 Å². The molecule has 2 nitrogen and oxygen atoms in total. The lowest BCUT2D eigenvalue weighted by Crippen LogP contribution is -1.99. The fraction of sp³-hybridized carbons (Fsp3) is 0.182. The topological polar surface area (TPSA) is 24.9 Å². The third-order valence-corrected chi connectivity index (χ3v) is 2.97. The molecule has 0 fully saturated rings. The van der Waals surface area contributed by atoms with Crippen LogP contribution in [0, 0.1) is 0 Å². The van der Waals surface area contributed by atoms with E-state index < -0.39 is 0 Å². The summed E-state index contributed by atoms with van der Waals surface area (Å²) in [5.74, 6) is 0.874. The molecule has 2 rings (SSSR count). The first-order chi connectivity index (χ1) is 7.20. The van der Waals surface area contributed by atoms with Crippen molar-refractivity contribution in [3.8, 4) is 0 Å². The van der Waals surface area contributed by atoms with Gasteiger partial charge in [-0.25, -0.2) is 4.98 Å². The van der Waals surface area contributed by atoms with Crippen molar-refractivity contribution >= 4 is 44.3 Å². The summed E-state index contributed by atoms with van der Waals surface area (Å²) in [5.41, 5.74) is 0.935. The maximum absolute atomic E-state index is 5.93. The molecule has 4 heteroatoms. The largest absolute Gasteiger partial charge is 0.370 e. The highest BCUT2D eigenvalue weighted by Crippen LogP contribution is 2.27. The van der Waals surface area contributed by atoms with Crippen molar-refractivity contribution in [1.29, 1.82) is 0 Å². The first-order valence-corrected chi connectivity index (χ1v) is 5.87. The molecule has 0 atom stereocenters. The number of aromatic nitrogens is 1. The predicted molar refractivity (Wildman–Crippen MR) is 68.6 cm³/mol. The van der Waals surface area contributed by atoms with Gasteiger partial charge in [-0.05, 0) is 47.1 Å². The van der Waals surface area contributed by atoms with Crippen LogP contribution in [0.4, 0.5) is 5.82 Å². The Bertz CT molecular complexity index is 499. The molecule has 0 aliphatic heterocycles. The average molecular weight is 286 g/mol. The highest BCUT2D eigenvalue weighted by molar-refractivity contribution is 9.10. The van der Waals surface area contributed by atoms with E-state index in [0.29, 0.717) is 0 Å². The maximum atomic E-state index is 5.93. The summed E-state index contributed by atoms with van der Waals surface area (Å²) < 4.78 is 1.01. The SMILES string of the molecule is CCNc1cc(Br)c2cc(Cl)ccc2n1. The molecule has 0 saturated carbocycles. The molecule has 0 spiro atoms. The fourth-order valence-corrected chi connectivity index (χ4v) is 2.14. The number of halogens is 2. The van der Waals surface area contributed by atoms with Gasteiger partial charge in [-0.15, -0.1) is 0 Å². The normalized spacial score (nSPS) is 10.6. The Morgan fingerprint density at radius 3 is 2.93 bits per heavy atom. The lowest BCUT2D eigenvalue weighted by molar-refractivity contribution is 1.17. The molecule has 1 aromatic heterocycles. The van der Waals surface area contributed by atoms with Crippen molar-refractivity contribution in [1.82, 2.24) is 4.98 Å². The zero-order valence-electron chi connectivity index (χ0n) is 8.22. The molecule has 0 radical (unpaired) electrons. The third-order valence-electron chi connectivity index (χ3n) is 2.08. The van der Waals surface area contributed by atoms with E-state index in [1.165, 1.54) is 0 Å². The minimum atomic E-state index is 0.723. The van der Waals surface area contributed by atoms with Crippen LogP contribution in [0.1, 0.15) is 6.92 Å². The number of anilines is 1. The number of hydrogen-bond donors (Lipinski definition) is 1. The zero-order chi connectivity index (χ0) is 10.8. The number of pyridine rings is 1. The van der Waals surface area contributed by atoms with E-state index >= 15 is 0 Å². The Kier molecular flexibility index (Phi) is 3.12. The molecule has 0 bridgehead atoms. The van der Waals surface area contributed by atoms with Crippen molar-refractivity contribution in [2.45, 2.75) is 6.92 Å². The van der Waals surface area contributed by atoms with Gasteiger partial charge in [0.25, 0.3) is 0 Å². The Morgan fingerprint density at radius 1 is 1.40 bits per heavy atom. The molecule has 0 amide bonds. The van der Waals surface area contributed by atoms with Gasteiger partial charge in [0.1, 0.15) is 5.82 Å². The average Bonchev–Trinajstić information content (AvgIpc) is 2.20. The van der Waals surface area contributed by atoms with Crippen LogP contribution in [0.3, 0.4) is 0 Å². The molecule has 0 aliphatic rings. The molecule has 1 N–H and O–H groups in total. The standard InChI is InChI=1S/C11H10BrClN2/c1-2-14-11-6-9(12)8-5-7(13)3-4-10(8)15-11/h3-6H,2H2,1H3,(H,14,15). The molecule has 15 heavy (non-hydrogen) atoms. The van der Waals surface area contributed by atoms with Gasteiger partial charge in [0, 0.05) is 21.4 Å². The van der Waals surface area contributed by atoms with Gasteiger partial charge >= 0.3 is 0 Å². The van der Waals surface area contributed by atoms with Crippen LogP contribution in [-0.2, 0) is 0 Å². The maximum Gasteiger partial charge on any atom is 0.127 e. The summed E-state index contributed by atoms with van der Waals surface area (Å²) >= 11 is 9.44. The van der Waals surface area contributed by atoms with E-state index in [4.69, 9.17) is 11.6 Å². The van der Waals surface area contributed by atoms with Crippen LogP contribution in [0.15, 0.2) is 28.7 Å². The quantitative estimate of drug-likeness (QED) is 0.899. The summed E-state index contributed by atoms with van der Waals surface area (Å²) in [6.07, 6.45) is 0. The molecule has 2 aromatic rings. The molecule has 0 aliphatic carbocycles. The number of hydrogen-bond acceptors (Lipinski definition) is 2. The molecule has 1 aromatic carbocycles. The smallest absolute Gasteiger partial charge is 0.127 e. The second-order valence-electron chi connectivity index (χ2n) is 3.18. The Morgan fingerprint density at radius 2 is 2.20 bits per heavy atom. The molecule has 0 unspecified atom stereocenters. The highest BCUT2D eigenvalue weighted by atomic mass is 79.9. The fourth-order valence-electron chi connectivity index (χ4n) is 1.43. The minimum Gasteiger partial charge on any atom is -0.370 e. The first kappa shape index (κ1) is 10.7. The third kappa shape index (κ3) is 2.24. The van der Waals surface area contributed by atoms with E-state index in [0.717, 1.165) is 32.8 Å². The van der Waals surface area contributed by atoms with Crippen LogP contribution in [0.25, 0.3) is 10.9 Å². The number of fused-ring (bicyclic) bond motifs is 1.